The lowest BCUT2D eigenvalue weighted by atomic mass is 9.88. The van der Waals surface area contributed by atoms with Crippen LogP contribution >= 0.6 is 0 Å². The molecule has 0 saturated carbocycles. The van der Waals surface area contributed by atoms with Gasteiger partial charge in [0.05, 0.1) is 28.4 Å². The van der Waals surface area contributed by atoms with Crippen LogP contribution < -0.4 is 20.7 Å². The number of fused-ring (bicyclic) bond motifs is 6. The number of aliphatic hydroxyl groups excluding tert-OH is 2. The Morgan fingerprint density at radius 2 is 1.17 bits per heavy atom. The molecule has 0 spiro atoms. The highest BCUT2D eigenvalue weighted by atomic mass is 16.5. The van der Waals surface area contributed by atoms with Crippen LogP contribution in [0.15, 0.2) is 42.7 Å². The third kappa shape index (κ3) is 6.21. The number of phenols is 2. The Morgan fingerprint density at radius 3 is 1.72 bits per heavy atom. The number of aromatic hydroxyl groups is 2. The molecule has 0 amide bonds. The van der Waals surface area contributed by atoms with Gasteiger partial charge in [0.25, 0.3) is 0 Å². The highest BCUT2D eigenvalue weighted by Crippen LogP contribution is 2.46. The normalized spacial score (nSPS) is 21.6. The van der Waals surface area contributed by atoms with E-state index < -0.39 is 17.4 Å². The van der Waals surface area contributed by atoms with E-state index in [1.807, 2.05) is 27.7 Å². The first-order chi connectivity index (χ1) is 21.9. The molecule has 5 unspecified atom stereocenters. The van der Waals surface area contributed by atoms with E-state index >= 15 is 0 Å². The van der Waals surface area contributed by atoms with Gasteiger partial charge in [0, 0.05) is 37.3 Å². The number of Topliss-reactive ketones (excluding diaryl/α,β-unsaturated/α-hetero) is 1. The average molecular weight is 639 g/mol. The number of aliphatic hydroxyl groups is 2. The van der Waals surface area contributed by atoms with Crippen LogP contribution in [0.5, 0.6) is 23.0 Å². The van der Waals surface area contributed by atoms with E-state index in [2.05, 4.69) is 0 Å². The van der Waals surface area contributed by atoms with Gasteiger partial charge in [-0.1, -0.05) is 40.5 Å². The summed E-state index contributed by atoms with van der Waals surface area (Å²) >= 11 is 0. The fourth-order valence-corrected chi connectivity index (χ4v) is 5.98. The van der Waals surface area contributed by atoms with Crippen LogP contribution in [0.25, 0.3) is 21.9 Å². The summed E-state index contributed by atoms with van der Waals surface area (Å²) in [6, 6.07) is 5.72. The predicted octanol–water partition coefficient (Wildman–Crippen LogP) is 5.56. The summed E-state index contributed by atoms with van der Waals surface area (Å²) in [4.78, 5) is 36.3. The molecule has 2 aromatic carbocycles. The third-order valence-corrected chi connectivity index (χ3v) is 8.68. The second kappa shape index (κ2) is 14.0. The van der Waals surface area contributed by atoms with E-state index in [1.165, 1.54) is 24.3 Å². The van der Waals surface area contributed by atoms with Crippen molar-refractivity contribution in [3.8, 4) is 23.0 Å². The van der Waals surface area contributed by atoms with Gasteiger partial charge in [-0.05, 0) is 37.8 Å². The molecular weight excluding hydrogens is 596 g/mol. The molecular formula is C35H42O11. The molecule has 248 valence electrons. The smallest absolute Gasteiger partial charge is 0.336 e. The lowest BCUT2D eigenvalue weighted by molar-refractivity contribution is 0.0178. The Morgan fingerprint density at radius 1 is 0.696 bits per heavy atom. The number of ketones is 1. The van der Waals surface area contributed by atoms with Gasteiger partial charge in [-0.2, -0.15) is 0 Å². The first-order valence-corrected chi connectivity index (χ1v) is 15.5. The number of carbonyl (C=O) groups excluding carboxylic acids is 1. The molecule has 0 saturated heterocycles. The first-order valence-electron chi connectivity index (χ1n) is 15.5. The number of carbonyl (C=O) groups is 1. The number of phenolic OH excluding ortho intramolecular Hbond substituents is 2. The Hall–Kier alpha value is -4.35. The lowest BCUT2D eigenvalue weighted by Gasteiger charge is -2.33. The molecule has 5 atom stereocenters. The van der Waals surface area contributed by atoms with Gasteiger partial charge >= 0.3 is 11.3 Å². The minimum atomic E-state index is -0.804. The van der Waals surface area contributed by atoms with Crippen molar-refractivity contribution in [1.82, 2.24) is 0 Å². The fourth-order valence-electron chi connectivity index (χ4n) is 5.98. The van der Waals surface area contributed by atoms with Crippen LogP contribution in [-0.2, 0) is 12.8 Å². The summed E-state index contributed by atoms with van der Waals surface area (Å²) in [5.74, 6) is 0.0269. The molecule has 46 heavy (non-hydrogen) atoms. The predicted molar refractivity (Wildman–Crippen MR) is 172 cm³/mol. The Bertz CT molecular complexity index is 1870. The van der Waals surface area contributed by atoms with Gasteiger partial charge in [0.2, 0.25) is 0 Å². The molecule has 0 bridgehead atoms. The summed E-state index contributed by atoms with van der Waals surface area (Å²) in [6.45, 7) is 11.3. The highest BCUT2D eigenvalue weighted by molar-refractivity contribution is 6.12. The maximum atomic E-state index is 12.6. The van der Waals surface area contributed by atoms with E-state index in [0.29, 0.717) is 40.5 Å². The summed E-state index contributed by atoms with van der Waals surface area (Å²) < 4.78 is 22.1. The molecule has 2 aromatic heterocycles. The quantitative estimate of drug-likeness (QED) is 0.206. The Labute approximate surface area is 266 Å². The molecule has 4 heterocycles. The number of rotatable bonds is 4. The van der Waals surface area contributed by atoms with E-state index in [0.717, 1.165) is 25.5 Å². The van der Waals surface area contributed by atoms with Gasteiger partial charge < -0.3 is 38.7 Å². The van der Waals surface area contributed by atoms with Gasteiger partial charge in [-0.25, -0.2) is 9.59 Å². The van der Waals surface area contributed by atoms with E-state index in [1.54, 1.807) is 13.8 Å². The lowest BCUT2D eigenvalue weighted by Crippen LogP contribution is -2.33. The van der Waals surface area contributed by atoms with Crippen molar-refractivity contribution in [3.63, 3.8) is 0 Å². The highest BCUT2D eigenvalue weighted by Gasteiger charge is 2.36. The molecule has 2 aliphatic heterocycles. The van der Waals surface area contributed by atoms with Gasteiger partial charge in [0.1, 0.15) is 40.8 Å². The molecule has 2 aliphatic rings. The summed E-state index contributed by atoms with van der Waals surface area (Å²) in [6.07, 6.45) is 1.63. The topological polar surface area (TPSA) is 177 Å². The van der Waals surface area contributed by atoms with Crippen LogP contribution in [0.3, 0.4) is 0 Å². The maximum absolute atomic E-state index is 12.6. The van der Waals surface area contributed by atoms with Crippen LogP contribution in [-0.4, -0.2) is 45.5 Å². The van der Waals surface area contributed by atoms with Crippen LogP contribution in [0.4, 0.5) is 0 Å². The number of benzene rings is 2. The minimum absolute atomic E-state index is 0.00917. The molecule has 6 rings (SSSR count). The van der Waals surface area contributed by atoms with Crippen LogP contribution in [0, 0.1) is 11.8 Å². The van der Waals surface area contributed by atoms with Gasteiger partial charge in [-0.15, -0.1) is 0 Å². The molecule has 11 heteroatoms. The van der Waals surface area contributed by atoms with Crippen molar-refractivity contribution in [3.05, 3.63) is 67.4 Å². The van der Waals surface area contributed by atoms with Gasteiger partial charge in [0.15, 0.2) is 16.9 Å². The van der Waals surface area contributed by atoms with E-state index in [-0.39, 0.29) is 63.8 Å². The zero-order chi connectivity index (χ0) is 34.0. The van der Waals surface area contributed by atoms with Crippen molar-refractivity contribution < 1.29 is 43.5 Å². The van der Waals surface area contributed by atoms with Crippen LogP contribution in [0.1, 0.15) is 87.5 Å². The largest absolute Gasteiger partial charge is 0.507 e. The number of hydrogen-bond donors (Lipinski definition) is 4. The second-order valence-electron chi connectivity index (χ2n) is 11.8. The average Bonchev–Trinajstić information content (AvgIpc) is 2.99. The van der Waals surface area contributed by atoms with Crippen molar-refractivity contribution in [2.45, 2.75) is 85.5 Å². The minimum Gasteiger partial charge on any atom is -0.507 e. The molecule has 0 fully saturated rings. The standard InChI is InChI=1S/C17H20O5.C17H18O5.CH4O/c2*1-4-5-10-6-13(19)22-17-14(10)11(18)7-12-15(17)16(20)8(2)9(3)21-12;1-2/h6-9,16,18,20H,4-5H2,1-3H3;6-9,18H,4-5H2,1-3H3;2H,1H3. The zero-order valence-corrected chi connectivity index (χ0v) is 27.2. The molecule has 4 N–H and O–H groups in total. The molecule has 11 nitrogen and oxygen atoms in total. The number of ether oxygens (including phenoxy) is 2. The third-order valence-electron chi connectivity index (χ3n) is 8.68. The summed E-state index contributed by atoms with van der Waals surface area (Å²) in [7, 11) is 1.00. The molecule has 0 radical (unpaired) electrons. The second-order valence-corrected chi connectivity index (χ2v) is 11.8. The maximum Gasteiger partial charge on any atom is 0.336 e. The summed E-state index contributed by atoms with van der Waals surface area (Å²) in [5, 5.41) is 39.1. The SMILES string of the molecule is CCCc1cc(=O)oc2c3c(cc(O)c12)OC(C)C(C)C3=O.CCCc1cc(=O)oc2c3c(cc(O)c12)OC(C)C(C)C3O.CO. The monoisotopic (exact) mass is 638 g/mol. The zero-order valence-electron chi connectivity index (χ0n) is 27.2. The molecule has 4 aromatic rings. The van der Waals surface area contributed by atoms with Crippen molar-refractivity contribution in [2.24, 2.45) is 11.8 Å². The van der Waals surface area contributed by atoms with Crippen molar-refractivity contribution in [1.29, 1.82) is 0 Å². The Kier molecular flexibility index (Phi) is 10.5. The van der Waals surface area contributed by atoms with E-state index in [9.17, 15) is 29.7 Å². The Balaban J connectivity index is 0.000000198. The first kappa shape index (κ1) is 34.5. The van der Waals surface area contributed by atoms with Crippen molar-refractivity contribution in [2.75, 3.05) is 7.11 Å². The van der Waals surface area contributed by atoms with Crippen molar-refractivity contribution >= 4 is 27.7 Å². The molecule has 0 aliphatic carbocycles. The summed E-state index contributed by atoms with van der Waals surface area (Å²) in [5.41, 5.74) is 1.49. The number of hydrogen-bond acceptors (Lipinski definition) is 11. The van der Waals surface area contributed by atoms with Crippen LogP contribution in [0.2, 0.25) is 0 Å². The number of aryl methyl sites for hydroxylation is 2. The fraction of sp³-hybridized carbons (Fsp3) is 0.457. The van der Waals surface area contributed by atoms with E-state index in [4.69, 9.17) is 23.4 Å². The van der Waals surface area contributed by atoms with Gasteiger partial charge in [-0.3, -0.25) is 4.79 Å².